The fourth-order valence-electron chi connectivity index (χ4n) is 2.02. The Labute approximate surface area is 116 Å². The third kappa shape index (κ3) is 2.59. The lowest BCUT2D eigenvalue weighted by atomic mass is 10.0. The summed E-state index contributed by atoms with van der Waals surface area (Å²) in [5, 5.41) is 18.9. The summed E-state index contributed by atoms with van der Waals surface area (Å²) in [4.78, 5) is 10.9. The first kappa shape index (κ1) is 12.5. The second kappa shape index (κ2) is 4.89. The third-order valence-electron chi connectivity index (χ3n) is 3.22. The Hall–Kier alpha value is -2.49. The highest BCUT2D eigenvalue weighted by Gasteiger charge is 2.23. The molecule has 3 rings (SSSR count). The topological polar surface area (TPSA) is 66.8 Å². The number of carbonyl (C=O) groups is 1. The summed E-state index contributed by atoms with van der Waals surface area (Å²) in [6.45, 7) is 0. The Bertz CT molecular complexity index is 659. The predicted molar refractivity (Wildman–Crippen MR) is 74.2 cm³/mol. The van der Waals surface area contributed by atoms with E-state index in [2.05, 4.69) is 0 Å². The van der Waals surface area contributed by atoms with E-state index >= 15 is 0 Å². The number of hydrogen-bond donors (Lipinski definition) is 2. The molecule has 0 amide bonds. The number of phenols is 1. The molecule has 1 fully saturated rings. The molecule has 4 heteroatoms. The molecule has 0 saturated heterocycles. The van der Waals surface area contributed by atoms with Crippen molar-refractivity contribution in [2.75, 3.05) is 0 Å². The molecular formula is C16H14O4. The molecular weight excluding hydrogens is 256 g/mol. The SMILES string of the molecule is O=C(O)c1ccc(-c2cccc(OC3CC3)c2)c(O)c1. The van der Waals surface area contributed by atoms with Crippen LogP contribution < -0.4 is 4.74 Å². The van der Waals surface area contributed by atoms with Crippen LogP contribution in [0.5, 0.6) is 11.5 Å². The summed E-state index contributed by atoms with van der Waals surface area (Å²) >= 11 is 0. The maximum absolute atomic E-state index is 10.9. The maximum Gasteiger partial charge on any atom is 0.335 e. The van der Waals surface area contributed by atoms with E-state index in [4.69, 9.17) is 9.84 Å². The van der Waals surface area contributed by atoms with Crippen molar-refractivity contribution in [2.24, 2.45) is 0 Å². The second-order valence-corrected chi connectivity index (χ2v) is 4.88. The third-order valence-corrected chi connectivity index (χ3v) is 3.22. The molecule has 102 valence electrons. The first-order valence-electron chi connectivity index (χ1n) is 6.47. The fourth-order valence-corrected chi connectivity index (χ4v) is 2.02. The van der Waals surface area contributed by atoms with Crippen molar-refractivity contribution >= 4 is 5.97 Å². The van der Waals surface area contributed by atoms with E-state index in [0.717, 1.165) is 24.2 Å². The number of carboxylic acid groups (broad SMARTS) is 1. The zero-order chi connectivity index (χ0) is 14.1. The van der Waals surface area contributed by atoms with Gasteiger partial charge in [0, 0.05) is 5.56 Å². The van der Waals surface area contributed by atoms with Gasteiger partial charge in [0.2, 0.25) is 0 Å². The zero-order valence-electron chi connectivity index (χ0n) is 10.7. The number of rotatable bonds is 4. The van der Waals surface area contributed by atoms with E-state index in [1.165, 1.54) is 12.1 Å². The molecule has 20 heavy (non-hydrogen) atoms. The van der Waals surface area contributed by atoms with E-state index < -0.39 is 5.97 Å². The quantitative estimate of drug-likeness (QED) is 0.894. The van der Waals surface area contributed by atoms with Gasteiger partial charge in [-0.2, -0.15) is 0 Å². The van der Waals surface area contributed by atoms with E-state index in [1.807, 2.05) is 24.3 Å². The fraction of sp³-hybridized carbons (Fsp3) is 0.188. The monoisotopic (exact) mass is 270 g/mol. The molecule has 2 aromatic rings. The number of benzene rings is 2. The highest BCUT2D eigenvalue weighted by atomic mass is 16.5. The molecule has 1 saturated carbocycles. The van der Waals surface area contributed by atoms with Crippen molar-refractivity contribution < 1.29 is 19.7 Å². The molecule has 0 heterocycles. The van der Waals surface area contributed by atoms with Crippen molar-refractivity contribution in [2.45, 2.75) is 18.9 Å². The summed E-state index contributed by atoms with van der Waals surface area (Å²) in [7, 11) is 0. The molecule has 0 bridgehead atoms. The number of hydrogen-bond acceptors (Lipinski definition) is 3. The minimum absolute atomic E-state index is 0.0477. The largest absolute Gasteiger partial charge is 0.507 e. The van der Waals surface area contributed by atoms with Gasteiger partial charge in [-0.25, -0.2) is 4.79 Å². The van der Waals surface area contributed by atoms with Crippen LogP contribution >= 0.6 is 0 Å². The summed E-state index contributed by atoms with van der Waals surface area (Å²) < 4.78 is 5.71. The lowest BCUT2D eigenvalue weighted by Crippen LogP contribution is -1.97. The summed E-state index contributed by atoms with van der Waals surface area (Å²) in [5.74, 6) is -0.335. The predicted octanol–water partition coefficient (Wildman–Crippen LogP) is 3.30. The van der Waals surface area contributed by atoms with Crippen LogP contribution in [0.4, 0.5) is 0 Å². The first-order chi connectivity index (χ1) is 9.63. The Morgan fingerprint density at radius 2 is 1.95 bits per heavy atom. The van der Waals surface area contributed by atoms with Gasteiger partial charge in [0.05, 0.1) is 11.7 Å². The molecule has 0 aromatic heterocycles. The highest BCUT2D eigenvalue weighted by molar-refractivity contribution is 5.89. The number of aromatic hydroxyl groups is 1. The van der Waals surface area contributed by atoms with Crippen molar-refractivity contribution in [1.82, 2.24) is 0 Å². The average molecular weight is 270 g/mol. The smallest absolute Gasteiger partial charge is 0.335 e. The Morgan fingerprint density at radius 1 is 1.15 bits per heavy atom. The lowest BCUT2D eigenvalue weighted by molar-refractivity contribution is 0.0696. The average Bonchev–Trinajstić information content (AvgIpc) is 3.22. The number of phenolic OH excluding ortho intramolecular Hbond substituents is 1. The van der Waals surface area contributed by atoms with Gasteiger partial charge in [-0.1, -0.05) is 12.1 Å². The zero-order valence-corrected chi connectivity index (χ0v) is 10.7. The number of carboxylic acids is 1. The molecule has 1 aliphatic carbocycles. The standard InChI is InChI=1S/C16H14O4/c17-15-9-11(16(18)19)4-7-14(15)10-2-1-3-13(8-10)20-12-5-6-12/h1-4,7-9,12,17H,5-6H2,(H,18,19). The van der Waals surface area contributed by atoms with Crippen molar-refractivity contribution in [3.8, 4) is 22.6 Å². The Morgan fingerprint density at radius 3 is 2.60 bits per heavy atom. The van der Waals surface area contributed by atoms with Gasteiger partial charge in [0.1, 0.15) is 11.5 Å². The van der Waals surface area contributed by atoms with Crippen LogP contribution in [-0.2, 0) is 0 Å². The Kier molecular flexibility index (Phi) is 3.06. The highest BCUT2D eigenvalue weighted by Crippen LogP contribution is 2.33. The summed E-state index contributed by atoms with van der Waals surface area (Å²) in [5.41, 5.74) is 1.46. The van der Waals surface area contributed by atoms with Gasteiger partial charge in [-0.05, 0) is 48.7 Å². The van der Waals surface area contributed by atoms with Crippen LogP contribution in [0.3, 0.4) is 0 Å². The molecule has 0 radical (unpaired) electrons. The molecule has 0 aliphatic heterocycles. The van der Waals surface area contributed by atoms with Gasteiger partial charge < -0.3 is 14.9 Å². The van der Waals surface area contributed by atoms with Crippen molar-refractivity contribution in [3.63, 3.8) is 0 Å². The molecule has 0 atom stereocenters. The van der Waals surface area contributed by atoms with Crippen LogP contribution in [0.1, 0.15) is 23.2 Å². The molecule has 4 nitrogen and oxygen atoms in total. The molecule has 0 unspecified atom stereocenters. The second-order valence-electron chi connectivity index (χ2n) is 4.88. The van der Waals surface area contributed by atoms with E-state index in [0.29, 0.717) is 11.7 Å². The normalized spacial score (nSPS) is 14.0. The molecule has 0 spiro atoms. The van der Waals surface area contributed by atoms with Gasteiger partial charge in [-0.15, -0.1) is 0 Å². The summed E-state index contributed by atoms with van der Waals surface area (Å²) in [6, 6.07) is 11.8. The van der Waals surface area contributed by atoms with E-state index in [1.54, 1.807) is 6.07 Å². The van der Waals surface area contributed by atoms with Gasteiger partial charge >= 0.3 is 5.97 Å². The van der Waals surface area contributed by atoms with E-state index in [-0.39, 0.29) is 11.3 Å². The molecule has 2 aromatic carbocycles. The van der Waals surface area contributed by atoms with E-state index in [9.17, 15) is 9.90 Å². The lowest BCUT2D eigenvalue weighted by Gasteiger charge is -2.09. The van der Waals surface area contributed by atoms with Crippen LogP contribution in [0.15, 0.2) is 42.5 Å². The van der Waals surface area contributed by atoms with Crippen molar-refractivity contribution in [3.05, 3.63) is 48.0 Å². The Balaban J connectivity index is 1.93. The van der Waals surface area contributed by atoms with Crippen molar-refractivity contribution in [1.29, 1.82) is 0 Å². The first-order valence-corrected chi connectivity index (χ1v) is 6.47. The molecule has 2 N–H and O–H groups in total. The van der Waals surface area contributed by atoms with Crippen LogP contribution in [0, 0.1) is 0 Å². The van der Waals surface area contributed by atoms with Crippen LogP contribution in [0.2, 0.25) is 0 Å². The van der Waals surface area contributed by atoms with Gasteiger partial charge in [0.15, 0.2) is 0 Å². The van der Waals surface area contributed by atoms with Gasteiger partial charge in [0.25, 0.3) is 0 Å². The minimum Gasteiger partial charge on any atom is -0.507 e. The van der Waals surface area contributed by atoms with Crippen LogP contribution in [-0.4, -0.2) is 22.3 Å². The summed E-state index contributed by atoms with van der Waals surface area (Å²) in [6.07, 6.45) is 2.49. The number of aromatic carboxylic acids is 1. The number of ether oxygens (including phenoxy) is 1. The molecule has 1 aliphatic rings. The van der Waals surface area contributed by atoms with Crippen LogP contribution in [0.25, 0.3) is 11.1 Å². The minimum atomic E-state index is -1.06. The van der Waals surface area contributed by atoms with Gasteiger partial charge in [-0.3, -0.25) is 0 Å². The maximum atomic E-state index is 10.9.